The van der Waals surface area contributed by atoms with E-state index in [1.807, 2.05) is 13.8 Å². The molecule has 0 bridgehead atoms. The van der Waals surface area contributed by atoms with E-state index in [0.717, 1.165) is 6.20 Å². The van der Waals surface area contributed by atoms with Crippen LogP contribution in [0.2, 0.25) is 10.2 Å². The first-order valence-electron chi connectivity index (χ1n) is 3.65. The van der Waals surface area contributed by atoms with E-state index in [9.17, 15) is 4.79 Å². The average Bonchev–Trinajstić information content (AvgIpc) is 2.07. The second-order valence-corrected chi connectivity index (χ2v) is 2.59. The van der Waals surface area contributed by atoms with Crippen LogP contribution in [0.25, 0.3) is 0 Å². The minimum Gasteiger partial charge on any atom is -0.478 e. The third kappa shape index (κ3) is 3.61. The van der Waals surface area contributed by atoms with Gasteiger partial charge in [-0.25, -0.2) is 9.78 Å². The van der Waals surface area contributed by atoms with Gasteiger partial charge in [0.2, 0.25) is 0 Å². The van der Waals surface area contributed by atoms with Crippen LogP contribution in [0.3, 0.4) is 0 Å². The lowest BCUT2D eigenvalue weighted by atomic mass is 10.3. The number of aromatic carboxylic acids is 1. The molecule has 0 unspecified atom stereocenters. The number of carbonyl (C=O) groups is 1. The lowest BCUT2D eigenvalue weighted by Gasteiger charge is -1.96. The van der Waals surface area contributed by atoms with Gasteiger partial charge in [-0.3, -0.25) is 0 Å². The Labute approximate surface area is 86.3 Å². The van der Waals surface area contributed by atoms with Crippen LogP contribution in [-0.4, -0.2) is 16.1 Å². The second-order valence-electron chi connectivity index (χ2n) is 1.79. The van der Waals surface area contributed by atoms with E-state index in [0.29, 0.717) is 0 Å². The van der Waals surface area contributed by atoms with E-state index in [4.69, 9.17) is 28.3 Å². The molecule has 0 amide bonds. The topological polar surface area (TPSA) is 50.2 Å². The summed E-state index contributed by atoms with van der Waals surface area (Å²) in [7, 11) is 0. The second kappa shape index (κ2) is 5.78. The van der Waals surface area contributed by atoms with Crippen LogP contribution in [0, 0.1) is 0 Å². The van der Waals surface area contributed by atoms with Crippen LogP contribution in [0.1, 0.15) is 24.2 Å². The minimum absolute atomic E-state index is 0.0453. The largest absolute Gasteiger partial charge is 0.478 e. The van der Waals surface area contributed by atoms with Crippen molar-refractivity contribution in [1.29, 1.82) is 0 Å². The molecule has 1 rings (SSSR count). The zero-order valence-electron chi connectivity index (χ0n) is 7.21. The van der Waals surface area contributed by atoms with Gasteiger partial charge in [-0.2, -0.15) is 0 Å². The molecule has 0 saturated heterocycles. The molecule has 0 aliphatic carbocycles. The fraction of sp³-hybridized carbons (Fsp3) is 0.250. The summed E-state index contributed by atoms with van der Waals surface area (Å²) in [5.41, 5.74) is -0.0453. The Balaban J connectivity index is 0.000000671. The molecule has 0 spiro atoms. The van der Waals surface area contributed by atoms with Crippen molar-refractivity contribution in [1.82, 2.24) is 4.98 Å². The maximum atomic E-state index is 10.4. The zero-order valence-corrected chi connectivity index (χ0v) is 8.73. The van der Waals surface area contributed by atoms with Crippen molar-refractivity contribution in [3.8, 4) is 0 Å². The molecule has 13 heavy (non-hydrogen) atoms. The molecular formula is C8H9Cl2NO2. The van der Waals surface area contributed by atoms with Crippen LogP contribution in [-0.2, 0) is 0 Å². The molecule has 0 saturated carbocycles. The van der Waals surface area contributed by atoms with E-state index < -0.39 is 5.97 Å². The summed E-state index contributed by atoms with van der Waals surface area (Å²) in [6.45, 7) is 4.00. The Morgan fingerprint density at radius 3 is 2.38 bits per heavy atom. The van der Waals surface area contributed by atoms with Crippen LogP contribution in [0.5, 0.6) is 0 Å². The highest BCUT2D eigenvalue weighted by molar-refractivity contribution is 6.35. The van der Waals surface area contributed by atoms with Crippen molar-refractivity contribution < 1.29 is 9.90 Å². The van der Waals surface area contributed by atoms with Gasteiger partial charge in [0, 0.05) is 6.20 Å². The highest BCUT2D eigenvalue weighted by Crippen LogP contribution is 2.17. The molecule has 1 heterocycles. The van der Waals surface area contributed by atoms with Crippen molar-refractivity contribution >= 4 is 29.2 Å². The number of carboxylic acids is 1. The molecule has 0 aliphatic rings. The molecule has 72 valence electrons. The number of pyridine rings is 1. The third-order valence-electron chi connectivity index (χ3n) is 1.05. The van der Waals surface area contributed by atoms with Crippen LogP contribution in [0.4, 0.5) is 0 Å². The molecule has 0 fully saturated rings. The summed E-state index contributed by atoms with van der Waals surface area (Å²) in [6, 6.07) is 1.28. The number of rotatable bonds is 1. The van der Waals surface area contributed by atoms with Gasteiger partial charge in [-0.1, -0.05) is 37.0 Å². The smallest absolute Gasteiger partial charge is 0.338 e. The molecule has 1 aromatic rings. The van der Waals surface area contributed by atoms with Crippen molar-refractivity contribution in [2.75, 3.05) is 0 Å². The van der Waals surface area contributed by atoms with Gasteiger partial charge >= 0.3 is 5.97 Å². The molecular weight excluding hydrogens is 213 g/mol. The molecule has 1 aromatic heterocycles. The molecule has 0 radical (unpaired) electrons. The Morgan fingerprint density at radius 2 is 2.00 bits per heavy atom. The third-order valence-corrected chi connectivity index (χ3v) is 1.57. The fourth-order valence-electron chi connectivity index (χ4n) is 0.565. The highest BCUT2D eigenvalue weighted by Gasteiger charge is 2.08. The molecule has 5 heteroatoms. The van der Waals surface area contributed by atoms with Crippen LogP contribution < -0.4 is 0 Å². The summed E-state index contributed by atoms with van der Waals surface area (Å²) in [5, 5.41) is 8.76. The Morgan fingerprint density at radius 1 is 1.46 bits per heavy atom. The van der Waals surface area contributed by atoms with E-state index in [1.165, 1.54) is 6.07 Å². The summed E-state index contributed by atoms with van der Waals surface area (Å²) in [5.74, 6) is -1.11. The van der Waals surface area contributed by atoms with E-state index in [1.54, 1.807) is 0 Å². The predicted molar refractivity (Wildman–Crippen MR) is 52.6 cm³/mol. The van der Waals surface area contributed by atoms with Crippen molar-refractivity contribution in [3.63, 3.8) is 0 Å². The number of carboxylic acid groups (broad SMARTS) is 1. The monoisotopic (exact) mass is 221 g/mol. The molecule has 3 nitrogen and oxygen atoms in total. The van der Waals surface area contributed by atoms with E-state index >= 15 is 0 Å². The van der Waals surface area contributed by atoms with Crippen molar-refractivity contribution in [3.05, 3.63) is 28.0 Å². The molecule has 0 aliphatic heterocycles. The van der Waals surface area contributed by atoms with Gasteiger partial charge in [-0.15, -0.1) is 0 Å². The van der Waals surface area contributed by atoms with Gasteiger partial charge in [0.1, 0.15) is 5.15 Å². The highest BCUT2D eigenvalue weighted by atomic mass is 35.5. The first-order valence-corrected chi connectivity index (χ1v) is 4.41. The number of nitrogens with zero attached hydrogens (tertiary/aromatic N) is 1. The Hall–Kier alpha value is -0.800. The normalized spacial score (nSPS) is 8.62. The van der Waals surface area contributed by atoms with Gasteiger partial charge < -0.3 is 5.11 Å². The average molecular weight is 222 g/mol. The summed E-state index contributed by atoms with van der Waals surface area (Å²) in [6.07, 6.45) is 1.12. The zero-order chi connectivity index (χ0) is 10.4. The predicted octanol–water partition coefficient (Wildman–Crippen LogP) is 3.11. The lowest BCUT2D eigenvalue weighted by molar-refractivity contribution is 0.0696. The Bertz CT molecular complexity index is 302. The first-order chi connectivity index (χ1) is 6.11. The summed E-state index contributed by atoms with van der Waals surface area (Å²) in [4.78, 5) is 13.9. The van der Waals surface area contributed by atoms with Gasteiger partial charge in [0.25, 0.3) is 0 Å². The van der Waals surface area contributed by atoms with Gasteiger partial charge in [0.15, 0.2) is 0 Å². The van der Waals surface area contributed by atoms with Crippen LogP contribution in [0.15, 0.2) is 12.3 Å². The lowest BCUT2D eigenvalue weighted by Crippen LogP contribution is -1.97. The minimum atomic E-state index is -1.11. The maximum absolute atomic E-state index is 10.4. The molecule has 0 aromatic carbocycles. The Kier molecular flexibility index (Phi) is 5.42. The van der Waals surface area contributed by atoms with Crippen LogP contribution >= 0.6 is 23.2 Å². The van der Waals surface area contributed by atoms with Gasteiger partial charge in [0.05, 0.1) is 10.6 Å². The standard InChI is InChI=1S/C6H3Cl2NO2.C2H6/c7-4-1-5(8)9-2-3(4)6(10)11;1-2/h1-2H,(H,10,11);1-2H3. The molecule has 1 N–H and O–H groups in total. The summed E-state index contributed by atoms with van der Waals surface area (Å²) >= 11 is 11.0. The van der Waals surface area contributed by atoms with E-state index in [-0.39, 0.29) is 15.7 Å². The van der Waals surface area contributed by atoms with Gasteiger partial charge in [-0.05, 0) is 6.07 Å². The number of hydrogen-bond donors (Lipinski definition) is 1. The fourth-order valence-corrected chi connectivity index (χ4v) is 1.01. The van der Waals surface area contributed by atoms with Crippen molar-refractivity contribution in [2.45, 2.75) is 13.8 Å². The number of halogens is 2. The van der Waals surface area contributed by atoms with E-state index in [2.05, 4.69) is 4.98 Å². The summed E-state index contributed by atoms with van der Waals surface area (Å²) < 4.78 is 0. The van der Waals surface area contributed by atoms with Crippen molar-refractivity contribution in [2.24, 2.45) is 0 Å². The molecule has 0 atom stereocenters. The number of aromatic nitrogens is 1. The number of hydrogen-bond acceptors (Lipinski definition) is 2. The first kappa shape index (κ1) is 12.2. The maximum Gasteiger partial charge on any atom is 0.338 e. The SMILES string of the molecule is CC.O=C(O)c1cnc(Cl)cc1Cl. The quantitative estimate of drug-likeness (QED) is 0.742.